The zero-order valence-electron chi connectivity index (χ0n) is 16.6. The smallest absolute Gasteiger partial charge is 0.241 e. The van der Waals surface area contributed by atoms with Crippen molar-refractivity contribution >= 4 is 40.6 Å². The molecular formula is C18H31Cl2N3O4S. The third kappa shape index (κ3) is 7.08. The van der Waals surface area contributed by atoms with Crippen LogP contribution in [0.2, 0.25) is 0 Å². The molecule has 0 aliphatic carbocycles. The number of carbonyl (C=O) groups is 1. The number of piperidine rings is 1. The average Bonchev–Trinajstić information content (AvgIpc) is 2.59. The van der Waals surface area contributed by atoms with Gasteiger partial charge in [0.1, 0.15) is 12.4 Å². The number of hydrogen-bond donors (Lipinski definition) is 2. The van der Waals surface area contributed by atoms with Crippen LogP contribution in [-0.2, 0) is 21.2 Å². The van der Waals surface area contributed by atoms with Gasteiger partial charge in [0.25, 0.3) is 0 Å². The summed E-state index contributed by atoms with van der Waals surface area (Å²) in [5.74, 6) is 0.318. The van der Waals surface area contributed by atoms with E-state index in [-0.39, 0.29) is 31.4 Å². The lowest BCUT2D eigenvalue weighted by atomic mass is 9.95. The Hall–Kier alpha value is -1.06. The van der Waals surface area contributed by atoms with Gasteiger partial charge in [0, 0.05) is 19.3 Å². The van der Waals surface area contributed by atoms with Crippen molar-refractivity contribution in [3.8, 4) is 5.75 Å². The van der Waals surface area contributed by atoms with Crippen molar-refractivity contribution in [1.82, 2.24) is 15.5 Å². The first-order chi connectivity index (χ1) is 12.2. The summed E-state index contributed by atoms with van der Waals surface area (Å²) in [5, 5.41) is 5.92. The highest BCUT2D eigenvalue weighted by Gasteiger charge is 2.48. The molecule has 1 aliphatic rings. The van der Waals surface area contributed by atoms with E-state index < -0.39 is 20.5 Å². The number of benzene rings is 1. The fourth-order valence-corrected chi connectivity index (χ4v) is 4.39. The van der Waals surface area contributed by atoms with Crippen LogP contribution in [0.25, 0.3) is 0 Å². The molecule has 0 bridgehead atoms. The number of nitrogens with zero attached hydrogens (tertiary/aromatic N) is 1. The van der Waals surface area contributed by atoms with Crippen LogP contribution in [0.4, 0.5) is 0 Å². The number of amides is 1. The van der Waals surface area contributed by atoms with Gasteiger partial charge in [-0.15, -0.1) is 24.8 Å². The van der Waals surface area contributed by atoms with Gasteiger partial charge in [0.05, 0.1) is 0 Å². The summed E-state index contributed by atoms with van der Waals surface area (Å²) < 4.78 is 28.9. The minimum Gasteiger partial charge on any atom is -0.492 e. The lowest BCUT2D eigenvalue weighted by Gasteiger charge is -2.34. The molecule has 1 aromatic rings. The summed E-state index contributed by atoms with van der Waals surface area (Å²) in [5.41, 5.74) is 0.873. The number of hydrogen-bond acceptors (Lipinski definition) is 6. The Bertz CT molecular complexity index is 723. The molecule has 0 aromatic heterocycles. The highest BCUT2D eigenvalue weighted by atomic mass is 35.5. The van der Waals surface area contributed by atoms with Gasteiger partial charge in [0.2, 0.25) is 5.91 Å². The first-order valence-corrected chi connectivity index (χ1v) is 10.7. The van der Waals surface area contributed by atoms with Crippen LogP contribution in [0.15, 0.2) is 24.3 Å². The monoisotopic (exact) mass is 455 g/mol. The molecule has 10 heteroatoms. The molecule has 1 amide bonds. The molecule has 0 spiro atoms. The topological polar surface area (TPSA) is 87.7 Å². The van der Waals surface area contributed by atoms with Crippen molar-refractivity contribution in [3.05, 3.63) is 29.8 Å². The first-order valence-electron chi connectivity index (χ1n) is 8.80. The van der Waals surface area contributed by atoms with E-state index in [4.69, 9.17) is 4.74 Å². The highest BCUT2D eigenvalue weighted by Crippen LogP contribution is 2.28. The van der Waals surface area contributed by atoms with Gasteiger partial charge in [-0.2, -0.15) is 0 Å². The Labute approximate surface area is 180 Å². The molecule has 28 heavy (non-hydrogen) atoms. The fraction of sp³-hybridized carbons (Fsp3) is 0.611. The van der Waals surface area contributed by atoms with Gasteiger partial charge >= 0.3 is 0 Å². The van der Waals surface area contributed by atoms with Gasteiger partial charge in [0.15, 0.2) is 14.6 Å². The van der Waals surface area contributed by atoms with Crippen LogP contribution < -0.4 is 15.4 Å². The standard InChI is InChI=1S/C18H29N3O4S.2ClH/c1-21(2)11-12-25-16-6-4-5-15(13-16)14-20-17(22)18(26(3,23)24)7-9-19-10-8-18;;/h4-6,13,19H,7-12,14H2,1-3H3,(H,20,22);2*1H. The van der Waals surface area contributed by atoms with Crippen LogP contribution in [-0.4, -0.2) is 70.6 Å². The van der Waals surface area contributed by atoms with Crippen molar-refractivity contribution < 1.29 is 17.9 Å². The third-order valence-corrected chi connectivity index (χ3v) is 6.71. The largest absolute Gasteiger partial charge is 0.492 e. The van der Waals surface area contributed by atoms with Crippen LogP contribution in [0.1, 0.15) is 18.4 Å². The second-order valence-corrected chi connectivity index (χ2v) is 9.32. The fourth-order valence-electron chi connectivity index (χ4n) is 3.03. The molecule has 2 rings (SSSR count). The Morgan fingerprint density at radius 1 is 1.25 bits per heavy atom. The van der Waals surface area contributed by atoms with E-state index >= 15 is 0 Å². The maximum Gasteiger partial charge on any atom is 0.241 e. The van der Waals surface area contributed by atoms with Crippen LogP contribution in [0.5, 0.6) is 5.75 Å². The molecule has 1 saturated heterocycles. The van der Waals surface area contributed by atoms with Gasteiger partial charge in [-0.3, -0.25) is 4.79 Å². The van der Waals surface area contributed by atoms with Crippen molar-refractivity contribution in [2.45, 2.75) is 24.1 Å². The molecule has 1 heterocycles. The van der Waals surface area contributed by atoms with Crippen molar-refractivity contribution in [1.29, 1.82) is 0 Å². The van der Waals surface area contributed by atoms with Crippen LogP contribution in [0.3, 0.4) is 0 Å². The molecule has 0 saturated carbocycles. The molecule has 0 unspecified atom stereocenters. The summed E-state index contributed by atoms with van der Waals surface area (Å²) in [7, 11) is 0.459. The highest BCUT2D eigenvalue weighted by molar-refractivity contribution is 7.92. The number of halogens is 2. The van der Waals surface area contributed by atoms with Crippen molar-refractivity contribution in [2.24, 2.45) is 0 Å². The molecule has 162 valence electrons. The Kier molecular flexibility index (Phi) is 11.4. The van der Waals surface area contributed by atoms with E-state index in [2.05, 4.69) is 10.6 Å². The second-order valence-electron chi connectivity index (χ2n) is 7.00. The van der Waals surface area contributed by atoms with Gasteiger partial charge in [-0.25, -0.2) is 8.42 Å². The van der Waals surface area contributed by atoms with Crippen LogP contribution >= 0.6 is 24.8 Å². The maximum absolute atomic E-state index is 12.7. The number of nitrogens with one attached hydrogen (secondary N) is 2. The lowest BCUT2D eigenvalue weighted by molar-refractivity contribution is -0.124. The van der Waals surface area contributed by atoms with Crippen molar-refractivity contribution in [2.75, 3.05) is 46.6 Å². The normalized spacial score (nSPS) is 15.9. The third-order valence-electron chi connectivity index (χ3n) is 4.69. The number of likely N-dealkylation sites (N-methyl/N-ethyl adjacent to an activating group) is 1. The van der Waals surface area contributed by atoms with Crippen molar-refractivity contribution in [3.63, 3.8) is 0 Å². The molecule has 0 atom stereocenters. The van der Waals surface area contributed by atoms with E-state index in [1.54, 1.807) is 0 Å². The van der Waals surface area contributed by atoms with Gasteiger partial charge < -0.3 is 20.3 Å². The van der Waals surface area contributed by atoms with E-state index in [9.17, 15) is 13.2 Å². The Morgan fingerprint density at radius 3 is 2.46 bits per heavy atom. The number of carbonyl (C=O) groups excluding carboxylic acids is 1. The second kappa shape index (κ2) is 11.8. The Morgan fingerprint density at radius 2 is 1.89 bits per heavy atom. The van der Waals surface area contributed by atoms with Gasteiger partial charge in [-0.1, -0.05) is 12.1 Å². The SMILES string of the molecule is CN(C)CCOc1cccc(CNC(=O)C2(S(C)(=O)=O)CCNCC2)c1.Cl.Cl. The predicted molar refractivity (Wildman–Crippen MR) is 117 cm³/mol. The summed E-state index contributed by atoms with van der Waals surface area (Å²) in [6.07, 6.45) is 1.74. The van der Waals surface area contributed by atoms with E-state index in [1.165, 1.54) is 0 Å². The van der Waals surface area contributed by atoms with E-state index in [1.807, 2.05) is 43.3 Å². The molecule has 7 nitrogen and oxygen atoms in total. The zero-order chi connectivity index (χ0) is 19.2. The zero-order valence-corrected chi connectivity index (χ0v) is 19.0. The molecule has 2 N–H and O–H groups in total. The number of rotatable bonds is 8. The lowest BCUT2D eigenvalue weighted by Crippen LogP contribution is -2.57. The predicted octanol–water partition coefficient (Wildman–Crippen LogP) is 1.25. The average molecular weight is 456 g/mol. The minimum atomic E-state index is -3.50. The molecular weight excluding hydrogens is 425 g/mol. The van der Waals surface area contributed by atoms with E-state index in [0.717, 1.165) is 24.1 Å². The summed E-state index contributed by atoms with van der Waals surface area (Å²) in [6.45, 7) is 2.71. The number of sulfone groups is 1. The maximum atomic E-state index is 12.7. The molecule has 1 fully saturated rings. The van der Waals surface area contributed by atoms with E-state index in [0.29, 0.717) is 32.5 Å². The van der Waals surface area contributed by atoms with Gasteiger partial charge in [-0.05, 0) is 57.7 Å². The summed E-state index contributed by atoms with van der Waals surface area (Å²) >= 11 is 0. The molecule has 1 aliphatic heterocycles. The number of ether oxygens (including phenoxy) is 1. The first kappa shape index (κ1) is 26.9. The van der Waals surface area contributed by atoms with Crippen LogP contribution in [0, 0.1) is 0 Å². The Balaban J connectivity index is 0.00000364. The summed E-state index contributed by atoms with van der Waals surface area (Å²) in [4.78, 5) is 14.8. The quantitative estimate of drug-likeness (QED) is 0.613. The summed E-state index contributed by atoms with van der Waals surface area (Å²) in [6, 6.07) is 7.48. The molecule has 0 radical (unpaired) electrons. The molecule has 1 aromatic carbocycles. The minimum absolute atomic E-state index is 0.